The van der Waals surface area contributed by atoms with Gasteiger partial charge in [-0.1, -0.05) is 13.8 Å². The highest BCUT2D eigenvalue weighted by molar-refractivity contribution is 5.94. The van der Waals surface area contributed by atoms with Crippen LogP contribution >= 0.6 is 0 Å². The predicted molar refractivity (Wildman–Crippen MR) is 37.4 cm³/mol. The lowest BCUT2D eigenvalue weighted by molar-refractivity contribution is -0.222. The predicted octanol–water partition coefficient (Wildman–Crippen LogP) is 1.57. The van der Waals surface area contributed by atoms with Crippen LogP contribution in [0.2, 0.25) is 0 Å². The molecule has 0 atom stereocenters. The van der Waals surface area contributed by atoms with Crippen molar-refractivity contribution in [1.29, 1.82) is 0 Å². The Bertz CT molecular complexity index is 260. The van der Waals surface area contributed by atoms with E-state index in [9.17, 15) is 27.2 Å². The van der Waals surface area contributed by atoms with E-state index in [2.05, 4.69) is 0 Å². The second-order valence-electron chi connectivity index (χ2n) is 2.97. The third kappa shape index (κ3) is 1.85. The molecule has 3 nitrogen and oxygen atoms in total. The van der Waals surface area contributed by atoms with Crippen molar-refractivity contribution in [3.05, 3.63) is 0 Å². The Balaban J connectivity index is 5.14. The first kappa shape index (κ1) is 12.9. The Morgan fingerprint density at radius 1 is 1.07 bits per heavy atom. The number of Topliss-reactive ketones (excluding diaryl/α,β-unsaturated/α-hetero) is 1. The molecule has 0 aliphatic heterocycles. The highest BCUT2D eigenvalue weighted by atomic mass is 19.3. The van der Waals surface area contributed by atoms with Crippen LogP contribution in [0, 0.1) is 5.92 Å². The average Bonchev–Trinajstić information content (AvgIpc) is 2.01. The molecule has 14 heavy (non-hydrogen) atoms. The average molecular weight is 216 g/mol. The van der Waals surface area contributed by atoms with E-state index in [1.807, 2.05) is 0 Å². The molecule has 0 rings (SSSR count). The van der Waals surface area contributed by atoms with Gasteiger partial charge in [-0.15, -0.1) is 0 Å². The maximum Gasteiger partial charge on any atom is 0.411 e. The molecule has 0 radical (unpaired) electrons. The zero-order chi connectivity index (χ0) is 11.7. The molecule has 0 saturated heterocycles. The zero-order valence-electron chi connectivity index (χ0n) is 7.35. The van der Waals surface area contributed by atoms with Gasteiger partial charge in [0, 0.05) is 5.92 Å². The van der Waals surface area contributed by atoms with Gasteiger partial charge in [-0.05, 0) is 0 Å². The van der Waals surface area contributed by atoms with E-state index < -0.39 is 29.5 Å². The normalized spacial score (nSPS) is 13.1. The summed E-state index contributed by atoms with van der Waals surface area (Å²) >= 11 is 0. The Morgan fingerprint density at radius 3 is 1.64 bits per heavy atom. The quantitative estimate of drug-likeness (QED) is 0.725. The molecule has 7 heteroatoms. The van der Waals surface area contributed by atoms with Crippen LogP contribution in [0.25, 0.3) is 0 Å². The molecule has 1 N–H and O–H groups in total. The molecule has 0 aliphatic carbocycles. The molecule has 0 heterocycles. The molecule has 0 aromatic heterocycles. The number of ketones is 1. The zero-order valence-corrected chi connectivity index (χ0v) is 7.35. The summed E-state index contributed by atoms with van der Waals surface area (Å²) in [5, 5.41) is 7.83. The minimum absolute atomic E-state index is 0.980. The fourth-order valence-corrected chi connectivity index (χ4v) is 0.652. The van der Waals surface area contributed by atoms with Crippen LogP contribution in [0.15, 0.2) is 0 Å². The van der Waals surface area contributed by atoms with Crippen molar-refractivity contribution in [3.8, 4) is 0 Å². The van der Waals surface area contributed by atoms with Gasteiger partial charge in [0.05, 0.1) is 0 Å². The molecule has 0 aromatic rings. The summed E-state index contributed by atoms with van der Waals surface area (Å²) in [4.78, 5) is 20.4. The van der Waals surface area contributed by atoms with Crippen molar-refractivity contribution in [2.45, 2.75) is 25.7 Å². The maximum atomic E-state index is 12.6. The standard InChI is InChI=1S/C7H8F4O3/c1-3(2)4(12)6(8,9)7(10,11)5(13)14/h3H,1-2H3,(H,13,14). The first-order valence-electron chi connectivity index (χ1n) is 3.58. The molecule has 0 spiro atoms. The van der Waals surface area contributed by atoms with E-state index in [4.69, 9.17) is 5.11 Å². The number of carbonyl (C=O) groups is 2. The summed E-state index contributed by atoms with van der Waals surface area (Å²) in [7, 11) is 0. The maximum absolute atomic E-state index is 12.6. The third-order valence-electron chi connectivity index (χ3n) is 1.50. The SMILES string of the molecule is CC(C)C(=O)C(F)(F)C(F)(F)C(=O)O. The number of alkyl halides is 4. The molecule has 0 amide bonds. The minimum Gasteiger partial charge on any atom is -0.477 e. The molecule has 0 fully saturated rings. The van der Waals surface area contributed by atoms with Gasteiger partial charge in [-0.3, -0.25) is 4.79 Å². The number of halogens is 4. The molecule has 0 saturated carbocycles. The van der Waals surface area contributed by atoms with Crippen LogP contribution in [0.4, 0.5) is 17.6 Å². The summed E-state index contributed by atoms with van der Waals surface area (Å²) in [6, 6.07) is 0. The number of hydrogen-bond acceptors (Lipinski definition) is 2. The number of carboxylic acid groups (broad SMARTS) is 1. The van der Waals surface area contributed by atoms with E-state index >= 15 is 0 Å². The molecule has 0 bridgehead atoms. The monoisotopic (exact) mass is 216 g/mol. The van der Waals surface area contributed by atoms with Gasteiger partial charge in [-0.25, -0.2) is 4.79 Å². The van der Waals surface area contributed by atoms with Crippen LogP contribution in [-0.2, 0) is 9.59 Å². The first-order valence-corrected chi connectivity index (χ1v) is 3.58. The molecule has 0 aliphatic rings. The van der Waals surface area contributed by atoms with Gasteiger partial charge >= 0.3 is 17.8 Å². The second kappa shape index (κ2) is 3.55. The second-order valence-corrected chi connectivity index (χ2v) is 2.97. The van der Waals surface area contributed by atoms with Crippen molar-refractivity contribution < 1.29 is 32.3 Å². The van der Waals surface area contributed by atoms with Crippen molar-refractivity contribution in [3.63, 3.8) is 0 Å². The first-order chi connectivity index (χ1) is 6.05. The van der Waals surface area contributed by atoms with Crippen LogP contribution in [0.5, 0.6) is 0 Å². The molecule has 0 aromatic carbocycles. The van der Waals surface area contributed by atoms with Crippen LogP contribution in [-0.4, -0.2) is 28.7 Å². The lowest BCUT2D eigenvalue weighted by atomic mass is 9.98. The van der Waals surface area contributed by atoms with Gasteiger partial charge in [0.15, 0.2) is 0 Å². The Morgan fingerprint density at radius 2 is 1.43 bits per heavy atom. The summed E-state index contributed by atoms with van der Waals surface area (Å²) in [5.74, 6) is -17.0. The summed E-state index contributed by atoms with van der Waals surface area (Å²) < 4.78 is 50.0. The minimum atomic E-state index is -5.37. The number of aliphatic carboxylic acids is 1. The Kier molecular flexibility index (Phi) is 3.26. The van der Waals surface area contributed by atoms with Crippen LogP contribution in [0.1, 0.15) is 13.8 Å². The molecular formula is C7H8F4O3. The number of rotatable bonds is 4. The molecular weight excluding hydrogens is 208 g/mol. The fraction of sp³-hybridized carbons (Fsp3) is 0.714. The number of carbonyl (C=O) groups excluding carboxylic acids is 1. The van der Waals surface area contributed by atoms with Gasteiger partial charge in [-0.2, -0.15) is 17.6 Å². The Hall–Kier alpha value is -1.14. The largest absolute Gasteiger partial charge is 0.477 e. The van der Waals surface area contributed by atoms with Gasteiger partial charge in [0.1, 0.15) is 0 Å². The molecule has 0 unspecified atom stereocenters. The highest BCUT2D eigenvalue weighted by Crippen LogP contribution is 2.36. The Labute approximate surface area is 76.7 Å². The van der Waals surface area contributed by atoms with Crippen LogP contribution in [0.3, 0.4) is 0 Å². The van der Waals surface area contributed by atoms with E-state index in [0.29, 0.717) is 0 Å². The van der Waals surface area contributed by atoms with Crippen molar-refractivity contribution in [1.82, 2.24) is 0 Å². The lowest BCUT2D eigenvalue weighted by Crippen LogP contribution is -2.53. The van der Waals surface area contributed by atoms with Gasteiger partial charge in [0.2, 0.25) is 5.78 Å². The smallest absolute Gasteiger partial charge is 0.411 e. The van der Waals surface area contributed by atoms with Crippen LogP contribution < -0.4 is 0 Å². The van der Waals surface area contributed by atoms with Crippen molar-refractivity contribution in [2.75, 3.05) is 0 Å². The fourth-order valence-electron chi connectivity index (χ4n) is 0.652. The van der Waals surface area contributed by atoms with Crippen molar-refractivity contribution in [2.24, 2.45) is 5.92 Å². The number of hydrogen-bond donors (Lipinski definition) is 1. The summed E-state index contributed by atoms with van der Waals surface area (Å²) in [5.41, 5.74) is 0. The summed E-state index contributed by atoms with van der Waals surface area (Å²) in [6.45, 7) is 1.96. The molecule has 82 valence electrons. The third-order valence-corrected chi connectivity index (χ3v) is 1.50. The van der Waals surface area contributed by atoms with Gasteiger partial charge in [0.25, 0.3) is 0 Å². The number of carboxylic acids is 1. The summed E-state index contributed by atoms with van der Waals surface area (Å²) in [6.07, 6.45) is 0. The van der Waals surface area contributed by atoms with E-state index in [-0.39, 0.29) is 0 Å². The lowest BCUT2D eigenvalue weighted by Gasteiger charge is -2.22. The van der Waals surface area contributed by atoms with E-state index in [0.717, 1.165) is 13.8 Å². The topological polar surface area (TPSA) is 54.4 Å². The van der Waals surface area contributed by atoms with Gasteiger partial charge < -0.3 is 5.11 Å². The van der Waals surface area contributed by atoms with E-state index in [1.165, 1.54) is 0 Å². The van der Waals surface area contributed by atoms with E-state index in [1.54, 1.807) is 0 Å². The van der Waals surface area contributed by atoms with Crippen molar-refractivity contribution >= 4 is 11.8 Å². The highest BCUT2D eigenvalue weighted by Gasteiger charge is 2.67.